The molecule has 0 unspecified atom stereocenters. The number of nitrogens with zero attached hydrogens (tertiary/aromatic N) is 1. The van der Waals surface area contributed by atoms with Crippen LogP contribution in [-0.2, 0) is 0 Å². The molecule has 11 heavy (non-hydrogen) atoms. The molecule has 0 atom stereocenters. The van der Waals surface area contributed by atoms with Crippen LogP contribution >= 0.6 is 0 Å². The molecule has 0 aliphatic carbocycles. The molecule has 0 radical (unpaired) electrons. The molecule has 0 aromatic carbocycles. The lowest BCUT2D eigenvalue weighted by Gasteiger charge is -2.05. The zero-order chi connectivity index (χ0) is 8.43. The molecule has 4 heteroatoms. The van der Waals surface area contributed by atoms with E-state index >= 15 is 0 Å². The van der Waals surface area contributed by atoms with Crippen molar-refractivity contribution < 1.29 is 10.0 Å². The van der Waals surface area contributed by atoms with Crippen LogP contribution in [0.4, 0.5) is 0 Å². The van der Waals surface area contributed by atoms with E-state index in [1.54, 1.807) is 6.20 Å². The summed E-state index contributed by atoms with van der Waals surface area (Å²) in [6.07, 6.45) is 3.16. The molecule has 1 heterocycles. The van der Waals surface area contributed by atoms with Crippen molar-refractivity contribution in [3.63, 3.8) is 0 Å². The third-order valence-electron chi connectivity index (χ3n) is 1.78. The Morgan fingerprint density at radius 2 is 1.91 bits per heavy atom. The van der Waals surface area contributed by atoms with Gasteiger partial charge < -0.3 is 10.0 Å². The second-order valence-electron chi connectivity index (χ2n) is 2.54. The van der Waals surface area contributed by atoms with Crippen molar-refractivity contribution in [1.82, 2.24) is 4.98 Å². The molecule has 1 aromatic heterocycles. The first-order valence-corrected chi connectivity index (χ1v) is 3.40. The SMILES string of the molecule is Cc1cncc(B(O)O)c1C. The second kappa shape index (κ2) is 3.03. The van der Waals surface area contributed by atoms with Gasteiger partial charge in [-0.05, 0) is 25.0 Å². The van der Waals surface area contributed by atoms with Crippen LogP contribution in [0.15, 0.2) is 12.4 Å². The highest BCUT2D eigenvalue weighted by molar-refractivity contribution is 6.59. The molecule has 0 amide bonds. The van der Waals surface area contributed by atoms with Crippen LogP contribution < -0.4 is 5.46 Å². The predicted octanol–water partition coefficient (Wildman–Crippen LogP) is -0.622. The lowest BCUT2D eigenvalue weighted by Crippen LogP contribution is -2.32. The molecule has 0 fully saturated rings. The fourth-order valence-corrected chi connectivity index (χ4v) is 0.911. The summed E-state index contributed by atoms with van der Waals surface area (Å²) in [7, 11) is -1.41. The van der Waals surface area contributed by atoms with Gasteiger partial charge in [0.25, 0.3) is 0 Å². The Morgan fingerprint density at radius 3 is 2.36 bits per heavy atom. The Balaban J connectivity index is 3.17. The maximum absolute atomic E-state index is 8.84. The summed E-state index contributed by atoms with van der Waals surface area (Å²) < 4.78 is 0. The molecular formula is C7H10BNO2. The minimum atomic E-state index is -1.41. The first kappa shape index (κ1) is 8.23. The number of hydrogen-bond acceptors (Lipinski definition) is 3. The Kier molecular flexibility index (Phi) is 2.26. The van der Waals surface area contributed by atoms with Gasteiger partial charge in [-0.1, -0.05) is 0 Å². The topological polar surface area (TPSA) is 53.4 Å². The molecule has 0 saturated heterocycles. The normalized spacial score (nSPS) is 9.82. The molecule has 0 aliphatic heterocycles. The maximum atomic E-state index is 8.84. The van der Waals surface area contributed by atoms with E-state index in [9.17, 15) is 0 Å². The minimum absolute atomic E-state index is 0.477. The van der Waals surface area contributed by atoms with Gasteiger partial charge in [0.1, 0.15) is 0 Å². The smallest absolute Gasteiger partial charge is 0.423 e. The van der Waals surface area contributed by atoms with Gasteiger partial charge >= 0.3 is 7.12 Å². The van der Waals surface area contributed by atoms with Crippen molar-refractivity contribution in [3.05, 3.63) is 23.5 Å². The van der Waals surface area contributed by atoms with Gasteiger partial charge in [-0.2, -0.15) is 0 Å². The standard InChI is InChI=1S/C7H10BNO2/c1-5-3-9-4-7(6(5)2)8(10)11/h3-4,10-11H,1-2H3. The fourth-order valence-electron chi connectivity index (χ4n) is 0.911. The number of pyridine rings is 1. The summed E-state index contributed by atoms with van der Waals surface area (Å²) in [6, 6.07) is 0. The number of rotatable bonds is 1. The monoisotopic (exact) mass is 151 g/mol. The van der Waals surface area contributed by atoms with Crippen LogP contribution in [-0.4, -0.2) is 22.2 Å². The van der Waals surface area contributed by atoms with Gasteiger partial charge in [0, 0.05) is 17.9 Å². The molecule has 0 bridgehead atoms. The van der Waals surface area contributed by atoms with E-state index in [-0.39, 0.29) is 0 Å². The fraction of sp³-hybridized carbons (Fsp3) is 0.286. The highest BCUT2D eigenvalue weighted by atomic mass is 16.4. The van der Waals surface area contributed by atoms with Crippen molar-refractivity contribution in [2.75, 3.05) is 0 Å². The zero-order valence-corrected chi connectivity index (χ0v) is 6.57. The lowest BCUT2D eigenvalue weighted by molar-refractivity contribution is 0.425. The van der Waals surface area contributed by atoms with E-state index in [4.69, 9.17) is 10.0 Å². The van der Waals surface area contributed by atoms with E-state index < -0.39 is 7.12 Å². The summed E-state index contributed by atoms with van der Waals surface area (Å²) in [5.74, 6) is 0. The van der Waals surface area contributed by atoms with Crippen LogP contribution in [0, 0.1) is 13.8 Å². The van der Waals surface area contributed by atoms with Crippen molar-refractivity contribution in [3.8, 4) is 0 Å². The maximum Gasteiger partial charge on any atom is 0.490 e. The molecule has 3 nitrogen and oxygen atoms in total. The van der Waals surface area contributed by atoms with Gasteiger partial charge in [0.05, 0.1) is 0 Å². The van der Waals surface area contributed by atoms with Gasteiger partial charge in [0.15, 0.2) is 0 Å². The largest absolute Gasteiger partial charge is 0.490 e. The third kappa shape index (κ3) is 1.58. The third-order valence-corrected chi connectivity index (χ3v) is 1.78. The first-order chi connectivity index (χ1) is 5.13. The molecule has 58 valence electrons. The first-order valence-electron chi connectivity index (χ1n) is 3.40. The van der Waals surface area contributed by atoms with Gasteiger partial charge in [-0.25, -0.2) is 0 Å². The molecule has 0 spiro atoms. The summed E-state index contributed by atoms with van der Waals surface area (Å²) in [5.41, 5.74) is 2.33. The van der Waals surface area contributed by atoms with Gasteiger partial charge in [-0.15, -0.1) is 0 Å². The molecule has 1 rings (SSSR count). The van der Waals surface area contributed by atoms with Crippen molar-refractivity contribution in [2.45, 2.75) is 13.8 Å². The molecule has 1 aromatic rings. The highest BCUT2D eigenvalue weighted by Crippen LogP contribution is 1.99. The van der Waals surface area contributed by atoms with Gasteiger partial charge in [-0.3, -0.25) is 4.98 Å². The Bertz CT molecular complexity index is 263. The highest BCUT2D eigenvalue weighted by Gasteiger charge is 2.14. The predicted molar refractivity (Wildman–Crippen MR) is 43.5 cm³/mol. The van der Waals surface area contributed by atoms with Crippen LogP contribution in [0.3, 0.4) is 0 Å². The Morgan fingerprint density at radius 1 is 1.27 bits per heavy atom. The van der Waals surface area contributed by atoms with Crippen molar-refractivity contribution in [2.24, 2.45) is 0 Å². The second-order valence-corrected chi connectivity index (χ2v) is 2.54. The summed E-state index contributed by atoms with van der Waals surface area (Å²) in [5, 5.41) is 17.7. The number of aryl methyl sites for hydroxylation is 1. The Labute approximate surface area is 65.9 Å². The average Bonchev–Trinajstić information content (AvgIpc) is 1.94. The van der Waals surface area contributed by atoms with E-state index in [2.05, 4.69) is 4.98 Å². The van der Waals surface area contributed by atoms with E-state index in [0.717, 1.165) is 11.1 Å². The summed E-state index contributed by atoms with van der Waals surface area (Å²) in [6.45, 7) is 3.72. The molecular weight excluding hydrogens is 141 g/mol. The molecule has 0 saturated carbocycles. The zero-order valence-electron chi connectivity index (χ0n) is 6.57. The van der Waals surface area contributed by atoms with Crippen molar-refractivity contribution >= 4 is 12.6 Å². The quantitative estimate of drug-likeness (QED) is 0.525. The number of aromatic nitrogens is 1. The summed E-state index contributed by atoms with van der Waals surface area (Å²) in [4.78, 5) is 3.85. The molecule has 2 N–H and O–H groups in total. The Hall–Kier alpha value is -0.865. The minimum Gasteiger partial charge on any atom is -0.423 e. The van der Waals surface area contributed by atoms with E-state index in [0.29, 0.717) is 5.46 Å². The number of hydrogen-bond donors (Lipinski definition) is 2. The molecule has 0 aliphatic rings. The van der Waals surface area contributed by atoms with Crippen molar-refractivity contribution in [1.29, 1.82) is 0 Å². The lowest BCUT2D eigenvalue weighted by atomic mass is 9.78. The van der Waals surface area contributed by atoms with Gasteiger partial charge in [0.2, 0.25) is 0 Å². The van der Waals surface area contributed by atoms with Crippen LogP contribution in [0.25, 0.3) is 0 Å². The van der Waals surface area contributed by atoms with Crippen LogP contribution in [0.5, 0.6) is 0 Å². The average molecular weight is 151 g/mol. The van der Waals surface area contributed by atoms with Crippen LogP contribution in [0.2, 0.25) is 0 Å². The van der Waals surface area contributed by atoms with Crippen LogP contribution in [0.1, 0.15) is 11.1 Å². The summed E-state index contributed by atoms with van der Waals surface area (Å²) >= 11 is 0. The van der Waals surface area contributed by atoms with E-state index in [1.165, 1.54) is 6.20 Å². The van der Waals surface area contributed by atoms with E-state index in [1.807, 2.05) is 13.8 Å².